The molecule has 2 fully saturated rings. The number of anilines is 1. The fourth-order valence-electron chi connectivity index (χ4n) is 6.33. The van der Waals surface area contributed by atoms with Gasteiger partial charge in [-0.3, -0.25) is 0 Å². The van der Waals surface area contributed by atoms with E-state index in [2.05, 4.69) is 4.98 Å². The van der Waals surface area contributed by atoms with E-state index in [4.69, 9.17) is 14.2 Å². The standard InChI is InChI=1S/C38H41F2N3O4/c1-37(2,3)47-36(44)43-21-18-38(26-43)16-19-42(20-17-38)29-22-31(39)34(32(40)23-29)30-14-15-33(45-24-27-10-6-4-7-11-27)41-35(30)46-25-28-12-8-5-9-13-28/h4-15,22-23H,16-21,24-26H2,1-3H3. The zero-order chi connectivity index (χ0) is 33.0. The van der Waals surface area contributed by atoms with E-state index in [1.54, 1.807) is 17.0 Å². The third kappa shape index (κ3) is 7.84. The second-order valence-corrected chi connectivity index (χ2v) is 13.5. The highest BCUT2D eigenvalue weighted by Crippen LogP contribution is 2.43. The van der Waals surface area contributed by atoms with Gasteiger partial charge in [0.1, 0.15) is 30.4 Å². The number of carbonyl (C=O) groups excluding carboxylic acids is 1. The number of rotatable bonds is 8. The predicted molar refractivity (Wildman–Crippen MR) is 177 cm³/mol. The Balaban J connectivity index is 1.18. The molecule has 0 atom stereocenters. The summed E-state index contributed by atoms with van der Waals surface area (Å²) in [6.07, 6.45) is 2.26. The van der Waals surface area contributed by atoms with Crippen molar-refractivity contribution in [3.8, 4) is 22.9 Å². The fourth-order valence-corrected chi connectivity index (χ4v) is 6.33. The highest BCUT2D eigenvalue weighted by atomic mass is 19.1. The molecule has 2 saturated heterocycles. The van der Waals surface area contributed by atoms with Crippen molar-refractivity contribution in [1.29, 1.82) is 0 Å². The molecule has 3 aromatic carbocycles. The van der Waals surface area contributed by atoms with Crippen molar-refractivity contribution in [3.63, 3.8) is 0 Å². The van der Waals surface area contributed by atoms with Crippen LogP contribution in [0.5, 0.6) is 11.8 Å². The third-order valence-electron chi connectivity index (χ3n) is 8.86. The average Bonchev–Trinajstić information content (AvgIpc) is 3.47. The van der Waals surface area contributed by atoms with Gasteiger partial charge in [-0.15, -0.1) is 0 Å². The summed E-state index contributed by atoms with van der Waals surface area (Å²) in [5, 5.41) is 0. The van der Waals surface area contributed by atoms with Crippen molar-refractivity contribution < 1.29 is 27.8 Å². The Hall–Kier alpha value is -4.66. The van der Waals surface area contributed by atoms with Crippen molar-refractivity contribution in [1.82, 2.24) is 9.88 Å². The molecule has 1 aromatic heterocycles. The first-order valence-electron chi connectivity index (χ1n) is 16.1. The Morgan fingerprint density at radius 2 is 1.38 bits per heavy atom. The van der Waals surface area contributed by atoms with E-state index in [-0.39, 0.29) is 41.0 Å². The number of likely N-dealkylation sites (tertiary alicyclic amines) is 1. The van der Waals surface area contributed by atoms with Gasteiger partial charge < -0.3 is 24.0 Å². The maximum absolute atomic E-state index is 15.9. The summed E-state index contributed by atoms with van der Waals surface area (Å²) in [5.74, 6) is -1.01. The molecule has 0 saturated carbocycles. The number of pyridine rings is 1. The minimum Gasteiger partial charge on any atom is -0.473 e. The lowest BCUT2D eigenvalue weighted by Crippen LogP contribution is -2.43. The molecule has 2 aliphatic heterocycles. The summed E-state index contributed by atoms with van der Waals surface area (Å²) >= 11 is 0. The molecule has 6 rings (SSSR count). The second kappa shape index (κ2) is 13.6. The van der Waals surface area contributed by atoms with E-state index >= 15 is 8.78 Å². The van der Waals surface area contributed by atoms with Crippen LogP contribution in [0.15, 0.2) is 84.9 Å². The van der Waals surface area contributed by atoms with Crippen molar-refractivity contribution >= 4 is 11.8 Å². The zero-order valence-electron chi connectivity index (χ0n) is 27.2. The van der Waals surface area contributed by atoms with Gasteiger partial charge in [-0.05, 0) is 74.8 Å². The minimum absolute atomic E-state index is 0.00851. The van der Waals surface area contributed by atoms with Gasteiger partial charge in [-0.1, -0.05) is 60.7 Å². The van der Waals surface area contributed by atoms with Gasteiger partial charge in [-0.2, -0.15) is 4.98 Å². The van der Waals surface area contributed by atoms with Crippen molar-refractivity contribution in [2.24, 2.45) is 5.41 Å². The molecule has 0 radical (unpaired) electrons. The molecule has 0 bridgehead atoms. The van der Waals surface area contributed by atoms with Crippen LogP contribution in [-0.2, 0) is 18.0 Å². The van der Waals surface area contributed by atoms with E-state index in [9.17, 15) is 4.79 Å². The van der Waals surface area contributed by atoms with Crippen LogP contribution in [0.25, 0.3) is 11.1 Å². The highest BCUT2D eigenvalue weighted by molar-refractivity contribution is 5.73. The van der Waals surface area contributed by atoms with Gasteiger partial charge >= 0.3 is 6.09 Å². The first kappa shape index (κ1) is 32.3. The molecule has 9 heteroatoms. The Morgan fingerprint density at radius 1 is 0.809 bits per heavy atom. The van der Waals surface area contributed by atoms with Gasteiger partial charge in [-0.25, -0.2) is 13.6 Å². The van der Waals surface area contributed by atoms with E-state index in [0.29, 0.717) is 38.5 Å². The number of amides is 1. The second-order valence-electron chi connectivity index (χ2n) is 13.5. The topological polar surface area (TPSA) is 64.1 Å². The molecule has 0 unspecified atom stereocenters. The van der Waals surface area contributed by atoms with Crippen molar-refractivity contribution in [2.45, 2.75) is 58.8 Å². The Kier molecular flexibility index (Phi) is 9.34. The largest absolute Gasteiger partial charge is 0.473 e. The lowest BCUT2D eigenvalue weighted by atomic mass is 9.77. The molecule has 3 heterocycles. The Morgan fingerprint density at radius 3 is 1.98 bits per heavy atom. The van der Waals surface area contributed by atoms with Crippen molar-refractivity contribution in [2.75, 3.05) is 31.1 Å². The number of hydrogen-bond acceptors (Lipinski definition) is 6. The molecule has 47 heavy (non-hydrogen) atoms. The number of ether oxygens (including phenoxy) is 3. The van der Waals surface area contributed by atoms with Crippen LogP contribution in [0, 0.1) is 17.0 Å². The van der Waals surface area contributed by atoms with Crippen LogP contribution in [0.4, 0.5) is 19.3 Å². The summed E-state index contributed by atoms with van der Waals surface area (Å²) in [5.41, 5.74) is 1.81. The minimum atomic E-state index is -0.693. The van der Waals surface area contributed by atoms with Gasteiger partial charge in [0.25, 0.3) is 0 Å². The summed E-state index contributed by atoms with van der Waals surface area (Å²) in [4.78, 5) is 21.0. The molecule has 0 N–H and O–H groups in total. The number of benzene rings is 3. The molecule has 1 amide bonds. The number of piperidine rings is 1. The third-order valence-corrected chi connectivity index (χ3v) is 8.86. The molecule has 4 aromatic rings. The number of aromatic nitrogens is 1. The van der Waals surface area contributed by atoms with Gasteiger partial charge in [0.05, 0.1) is 11.1 Å². The average molecular weight is 642 g/mol. The number of hydrogen-bond donors (Lipinski definition) is 0. The lowest BCUT2D eigenvalue weighted by molar-refractivity contribution is 0.0266. The van der Waals surface area contributed by atoms with E-state index in [1.165, 1.54) is 12.1 Å². The van der Waals surface area contributed by atoms with Crippen LogP contribution in [0.2, 0.25) is 0 Å². The normalized spacial score (nSPS) is 15.9. The first-order chi connectivity index (χ1) is 22.6. The van der Waals surface area contributed by atoms with Gasteiger partial charge in [0.15, 0.2) is 0 Å². The molecule has 1 spiro atoms. The summed E-state index contributed by atoms with van der Waals surface area (Å²) in [7, 11) is 0. The number of carbonyl (C=O) groups is 1. The van der Waals surface area contributed by atoms with Crippen LogP contribution in [0.3, 0.4) is 0 Å². The van der Waals surface area contributed by atoms with Crippen LogP contribution >= 0.6 is 0 Å². The first-order valence-corrected chi connectivity index (χ1v) is 16.1. The predicted octanol–water partition coefficient (Wildman–Crippen LogP) is 8.41. The fraction of sp³-hybridized carbons (Fsp3) is 0.368. The quantitative estimate of drug-likeness (QED) is 0.193. The summed E-state index contributed by atoms with van der Waals surface area (Å²) < 4.78 is 49.3. The molecule has 7 nitrogen and oxygen atoms in total. The molecule has 2 aliphatic rings. The summed E-state index contributed by atoms with van der Waals surface area (Å²) in [6, 6.07) is 25.2. The zero-order valence-corrected chi connectivity index (χ0v) is 27.2. The Labute approximate surface area is 275 Å². The van der Waals surface area contributed by atoms with Crippen LogP contribution in [0.1, 0.15) is 51.2 Å². The maximum atomic E-state index is 15.9. The highest BCUT2D eigenvalue weighted by Gasteiger charge is 2.43. The smallest absolute Gasteiger partial charge is 0.410 e. The van der Waals surface area contributed by atoms with Crippen LogP contribution < -0.4 is 14.4 Å². The Bertz CT molecular complexity index is 1660. The molecule has 0 aliphatic carbocycles. The maximum Gasteiger partial charge on any atom is 0.410 e. The van der Waals surface area contributed by atoms with Gasteiger partial charge in [0, 0.05) is 37.9 Å². The van der Waals surface area contributed by atoms with Crippen molar-refractivity contribution in [3.05, 3.63) is 108 Å². The molecular formula is C38H41F2N3O4. The van der Waals surface area contributed by atoms with E-state index < -0.39 is 17.2 Å². The molecule has 246 valence electrons. The summed E-state index contributed by atoms with van der Waals surface area (Å²) in [6.45, 7) is 8.64. The monoisotopic (exact) mass is 641 g/mol. The van der Waals surface area contributed by atoms with Crippen LogP contribution in [-0.4, -0.2) is 47.8 Å². The molecular weight excluding hydrogens is 600 g/mol. The van der Waals surface area contributed by atoms with Gasteiger partial charge in [0.2, 0.25) is 11.8 Å². The van der Waals surface area contributed by atoms with E-state index in [1.807, 2.05) is 86.3 Å². The SMILES string of the molecule is CC(C)(C)OC(=O)N1CCC2(CCN(c3cc(F)c(-c4ccc(OCc5ccccc5)nc4OCc4ccccc4)c(F)c3)CC2)C1. The lowest BCUT2D eigenvalue weighted by Gasteiger charge is -2.40. The number of nitrogens with zero attached hydrogens (tertiary/aromatic N) is 3. The number of halogens is 2. The van der Waals surface area contributed by atoms with E-state index in [0.717, 1.165) is 30.4 Å².